The smallest absolute Gasteiger partial charge is 0.330 e. The molecular formula is C17H19NO4. The van der Waals surface area contributed by atoms with E-state index in [1.165, 1.54) is 0 Å². The average molecular weight is 301 g/mol. The van der Waals surface area contributed by atoms with E-state index in [2.05, 4.69) is 4.84 Å². The zero-order chi connectivity index (χ0) is 15.7. The first-order chi connectivity index (χ1) is 10.6. The van der Waals surface area contributed by atoms with Gasteiger partial charge in [-0.25, -0.2) is 4.79 Å². The second-order valence-electron chi connectivity index (χ2n) is 5.70. The number of rotatable bonds is 5. The zero-order valence-corrected chi connectivity index (χ0v) is 12.7. The topological polar surface area (TPSA) is 70.8 Å². The number of hydrogen-bond acceptors (Lipinski definition) is 5. The molecule has 1 saturated carbocycles. The summed E-state index contributed by atoms with van der Waals surface area (Å²) in [6.07, 6.45) is 2.12. The van der Waals surface area contributed by atoms with Crippen molar-refractivity contribution in [3.05, 3.63) is 35.9 Å². The molecule has 0 aromatic heterocycles. The van der Waals surface area contributed by atoms with Crippen LogP contribution in [-0.2, 0) is 16.1 Å². The van der Waals surface area contributed by atoms with Crippen molar-refractivity contribution in [2.75, 3.05) is 14.2 Å². The Morgan fingerprint density at radius 2 is 1.91 bits per heavy atom. The summed E-state index contributed by atoms with van der Waals surface area (Å²) in [6, 6.07) is 9.81. The molecule has 2 N–H and O–H groups in total. The molecular weight excluding hydrogens is 282 g/mol. The molecule has 1 fully saturated rings. The summed E-state index contributed by atoms with van der Waals surface area (Å²) >= 11 is 0. The largest absolute Gasteiger partial charge is 0.497 e. The van der Waals surface area contributed by atoms with Crippen molar-refractivity contribution in [2.45, 2.75) is 19.3 Å². The molecule has 5 heteroatoms. The maximum atomic E-state index is 11.9. The lowest BCUT2D eigenvalue weighted by molar-refractivity contribution is -0.150. The van der Waals surface area contributed by atoms with Crippen molar-refractivity contribution in [2.24, 2.45) is 11.3 Å². The molecule has 1 aliphatic carbocycles. The number of ether oxygens (including phenoxy) is 2. The molecule has 0 heterocycles. The SMILES string of the molecule is COc1ccc2ccc(OC)c(CC3(C(=O)ON)CC3)c2c1. The van der Waals surface area contributed by atoms with E-state index in [1.807, 2.05) is 30.3 Å². The van der Waals surface area contributed by atoms with Crippen molar-refractivity contribution >= 4 is 16.7 Å². The number of benzene rings is 2. The van der Waals surface area contributed by atoms with Crippen molar-refractivity contribution in [3.63, 3.8) is 0 Å². The fraction of sp³-hybridized carbons (Fsp3) is 0.353. The monoisotopic (exact) mass is 301 g/mol. The second kappa shape index (κ2) is 5.50. The zero-order valence-electron chi connectivity index (χ0n) is 12.7. The molecule has 0 spiro atoms. The van der Waals surface area contributed by atoms with E-state index in [0.29, 0.717) is 6.42 Å². The third kappa shape index (κ3) is 2.37. The molecule has 3 rings (SSSR count). The Kier molecular flexibility index (Phi) is 3.66. The third-order valence-corrected chi connectivity index (χ3v) is 4.43. The first kappa shape index (κ1) is 14.7. The summed E-state index contributed by atoms with van der Waals surface area (Å²) in [4.78, 5) is 16.4. The van der Waals surface area contributed by atoms with Crippen molar-refractivity contribution < 1.29 is 19.1 Å². The van der Waals surface area contributed by atoms with Gasteiger partial charge in [-0.05, 0) is 48.2 Å². The van der Waals surface area contributed by atoms with Gasteiger partial charge in [0.05, 0.1) is 19.6 Å². The van der Waals surface area contributed by atoms with Gasteiger partial charge in [-0.15, -0.1) is 0 Å². The van der Waals surface area contributed by atoms with Gasteiger partial charge in [0.2, 0.25) is 0 Å². The lowest BCUT2D eigenvalue weighted by atomic mass is 9.92. The van der Waals surface area contributed by atoms with Gasteiger partial charge < -0.3 is 14.3 Å². The Morgan fingerprint density at radius 1 is 1.18 bits per heavy atom. The molecule has 0 aliphatic heterocycles. The van der Waals surface area contributed by atoms with E-state index < -0.39 is 5.41 Å². The van der Waals surface area contributed by atoms with Gasteiger partial charge in [-0.2, -0.15) is 5.90 Å². The van der Waals surface area contributed by atoms with Crippen molar-refractivity contribution in [1.82, 2.24) is 0 Å². The molecule has 116 valence electrons. The molecule has 0 atom stereocenters. The van der Waals surface area contributed by atoms with Gasteiger partial charge in [0.25, 0.3) is 0 Å². The van der Waals surface area contributed by atoms with E-state index in [0.717, 1.165) is 40.7 Å². The lowest BCUT2D eigenvalue weighted by Crippen LogP contribution is -2.24. The van der Waals surface area contributed by atoms with Crippen LogP contribution in [0.2, 0.25) is 0 Å². The van der Waals surface area contributed by atoms with E-state index in [1.54, 1.807) is 14.2 Å². The van der Waals surface area contributed by atoms with Crippen molar-refractivity contribution in [3.8, 4) is 11.5 Å². The summed E-state index contributed by atoms with van der Waals surface area (Å²) in [5, 5.41) is 2.10. The first-order valence-corrected chi connectivity index (χ1v) is 7.18. The Balaban J connectivity index is 2.11. The maximum Gasteiger partial charge on any atom is 0.330 e. The van der Waals surface area contributed by atoms with Crippen LogP contribution < -0.4 is 15.4 Å². The van der Waals surface area contributed by atoms with Gasteiger partial charge in [-0.3, -0.25) is 0 Å². The normalized spacial score (nSPS) is 15.4. The maximum absolute atomic E-state index is 11.9. The van der Waals surface area contributed by atoms with E-state index in [9.17, 15) is 4.79 Å². The summed E-state index contributed by atoms with van der Waals surface area (Å²) in [5.74, 6) is 6.26. The quantitative estimate of drug-likeness (QED) is 0.860. The van der Waals surface area contributed by atoms with E-state index in [-0.39, 0.29) is 5.97 Å². The molecule has 0 unspecified atom stereocenters. The average Bonchev–Trinajstić information content (AvgIpc) is 3.34. The summed E-state index contributed by atoms with van der Waals surface area (Å²) in [5.41, 5.74) is 0.473. The summed E-state index contributed by atoms with van der Waals surface area (Å²) in [6.45, 7) is 0. The standard InChI is InChI=1S/C17H19NO4/c1-20-12-5-3-11-4-6-15(21-2)14(13(11)9-12)10-17(7-8-17)16(19)22-18/h3-6,9H,7-8,10,18H2,1-2H3. The highest BCUT2D eigenvalue weighted by atomic mass is 16.7. The van der Waals surface area contributed by atoms with Crippen LogP contribution in [0.1, 0.15) is 18.4 Å². The lowest BCUT2D eigenvalue weighted by Gasteiger charge is -2.17. The minimum Gasteiger partial charge on any atom is -0.497 e. The Hall–Kier alpha value is -2.27. The number of carbonyl (C=O) groups is 1. The fourth-order valence-electron chi connectivity index (χ4n) is 2.91. The molecule has 2 aromatic rings. The van der Waals surface area contributed by atoms with E-state index in [4.69, 9.17) is 15.4 Å². The molecule has 0 radical (unpaired) electrons. The summed E-state index contributed by atoms with van der Waals surface area (Å²) < 4.78 is 10.8. The molecule has 22 heavy (non-hydrogen) atoms. The number of nitrogens with two attached hydrogens (primary N) is 1. The van der Waals surface area contributed by atoms with Crippen LogP contribution in [0, 0.1) is 5.41 Å². The van der Waals surface area contributed by atoms with Crippen LogP contribution in [-0.4, -0.2) is 20.2 Å². The molecule has 5 nitrogen and oxygen atoms in total. The van der Waals surface area contributed by atoms with Gasteiger partial charge in [-0.1, -0.05) is 12.1 Å². The van der Waals surface area contributed by atoms with Crippen LogP contribution in [0.25, 0.3) is 10.8 Å². The molecule has 0 amide bonds. The Morgan fingerprint density at radius 3 is 2.50 bits per heavy atom. The summed E-state index contributed by atoms with van der Waals surface area (Å²) in [7, 11) is 3.26. The first-order valence-electron chi connectivity index (χ1n) is 7.18. The van der Waals surface area contributed by atoms with Crippen LogP contribution in [0.4, 0.5) is 0 Å². The van der Waals surface area contributed by atoms with Gasteiger partial charge in [0, 0.05) is 5.56 Å². The van der Waals surface area contributed by atoms with Crippen molar-refractivity contribution in [1.29, 1.82) is 0 Å². The number of methoxy groups -OCH3 is 2. The molecule has 0 bridgehead atoms. The predicted molar refractivity (Wildman–Crippen MR) is 82.7 cm³/mol. The number of fused-ring (bicyclic) bond motifs is 1. The Bertz CT molecular complexity index is 717. The highest BCUT2D eigenvalue weighted by Gasteiger charge is 2.51. The number of carbonyl (C=O) groups excluding carboxylic acids is 1. The van der Waals surface area contributed by atoms with Crippen LogP contribution in [0.15, 0.2) is 30.3 Å². The third-order valence-electron chi connectivity index (χ3n) is 4.43. The Labute approximate surface area is 128 Å². The van der Waals surface area contributed by atoms with Gasteiger partial charge in [0.1, 0.15) is 11.5 Å². The van der Waals surface area contributed by atoms with Crippen LogP contribution >= 0.6 is 0 Å². The molecule has 0 saturated heterocycles. The van der Waals surface area contributed by atoms with E-state index >= 15 is 0 Å². The van der Waals surface area contributed by atoms with Gasteiger partial charge in [0.15, 0.2) is 0 Å². The highest BCUT2D eigenvalue weighted by Crippen LogP contribution is 2.51. The minimum absolute atomic E-state index is 0.352. The predicted octanol–water partition coefficient (Wildman–Crippen LogP) is 2.60. The second-order valence-corrected chi connectivity index (χ2v) is 5.70. The highest BCUT2D eigenvalue weighted by molar-refractivity contribution is 5.90. The number of hydrogen-bond donors (Lipinski definition) is 1. The molecule has 1 aliphatic rings. The minimum atomic E-state index is -0.514. The van der Waals surface area contributed by atoms with Gasteiger partial charge >= 0.3 is 5.97 Å². The molecule has 2 aromatic carbocycles. The fourth-order valence-corrected chi connectivity index (χ4v) is 2.91. The van der Waals surface area contributed by atoms with Crippen LogP contribution in [0.5, 0.6) is 11.5 Å². The van der Waals surface area contributed by atoms with Crippen LogP contribution in [0.3, 0.4) is 0 Å².